The molecule has 1 saturated heterocycles. The number of carbonyl (C=O) groups excluding carboxylic acids is 1. The zero-order valence-electron chi connectivity index (χ0n) is 13.0. The standard InChI is InChI=1S/C14H13Cl2F3N2O4S/c15-10-7-9(20-8-11(16)13(22)14(17,18)19)1-2-12(10)26(23,24)21-3-5-25-6-4-21/h1-2,7-8,20H,3-6H2/b11-8-. The van der Waals surface area contributed by atoms with Crippen molar-refractivity contribution in [1.29, 1.82) is 0 Å². The molecule has 0 spiro atoms. The van der Waals surface area contributed by atoms with Crippen LogP contribution in [0.1, 0.15) is 0 Å². The van der Waals surface area contributed by atoms with Crippen molar-refractivity contribution in [2.24, 2.45) is 0 Å². The first-order chi connectivity index (χ1) is 12.0. The first-order valence-corrected chi connectivity index (χ1v) is 9.34. The highest BCUT2D eigenvalue weighted by Gasteiger charge is 2.40. The van der Waals surface area contributed by atoms with E-state index in [1.165, 1.54) is 22.5 Å². The number of halogens is 5. The summed E-state index contributed by atoms with van der Waals surface area (Å²) in [6.07, 6.45) is -4.44. The number of nitrogens with zero attached hydrogens (tertiary/aromatic N) is 1. The van der Waals surface area contributed by atoms with Crippen LogP contribution in [0, 0.1) is 0 Å². The van der Waals surface area contributed by atoms with Crippen molar-refractivity contribution in [1.82, 2.24) is 4.31 Å². The lowest BCUT2D eigenvalue weighted by Gasteiger charge is -2.26. The molecule has 1 fully saturated rings. The second-order valence-corrected chi connectivity index (χ2v) is 7.85. The van der Waals surface area contributed by atoms with E-state index in [1.807, 2.05) is 0 Å². The van der Waals surface area contributed by atoms with Gasteiger partial charge in [0.05, 0.1) is 18.2 Å². The summed E-state index contributed by atoms with van der Waals surface area (Å²) in [5.74, 6) is -2.20. The summed E-state index contributed by atoms with van der Waals surface area (Å²) in [7, 11) is -3.82. The molecule has 0 saturated carbocycles. The van der Waals surface area contributed by atoms with Gasteiger partial charge in [-0.05, 0) is 18.2 Å². The zero-order chi connectivity index (χ0) is 19.5. The van der Waals surface area contributed by atoms with E-state index in [4.69, 9.17) is 27.9 Å². The molecule has 0 aliphatic carbocycles. The Hall–Kier alpha value is -1.33. The van der Waals surface area contributed by atoms with Crippen LogP contribution in [0.2, 0.25) is 5.02 Å². The fourth-order valence-electron chi connectivity index (χ4n) is 2.07. The number of allylic oxidation sites excluding steroid dienone is 1. The van der Waals surface area contributed by atoms with Gasteiger partial charge >= 0.3 is 6.18 Å². The van der Waals surface area contributed by atoms with Crippen LogP contribution in [-0.4, -0.2) is 51.0 Å². The SMILES string of the molecule is O=C(/C(Cl)=C/Nc1ccc(S(=O)(=O)N2CCOCC2)c(Cl)c1)C(F)(F)F. The number of sulfonamides is 1. The molecule has 0 radical (unpaired) electrons. The van der Waals surface area contributed by atoms with Crippen molar-refractivity contribution in [3.05, 3.63) is 34.5 Å². The van der Waals surface area contributed by atoms with Gasteiger partial charge in [-0.1, -0.05) is 23.2 Å². The number of alkyl halides is 3. The lowest BCUT2D eigenvalue weighted by Crippen LogP contribution is -2.40. The molecule has 144 valence electrons. The molecule has 0 amide bonds. The largest absolute Gasteiger partial charge is 0.455 e. The van der Waals surface area contributed by atoms with Gasteiger partial charge in [0.25, 0.3) is 5.78 Å². The number of benzene rings is 1. The van der Waals surface area contributed by atoms with Crippen LogP contribution in [-0.2, 0) is 19.6 Å². The van der Waals surface area contributed by atoms with E-state index in [0.29, 0.717) is 6.20 Å². The molecule has 1 heterocycles. The van der Waals surface area contributed by atoms with Gasteiger partial charge in [0.1, 0.15) is 9.93 Å². The normalized spacial score (nSPS) is 17.2. The summed E-state index contributed by atoms with van der Waals surface area (Å²) in [4.78, 5) is 10.8. The van der Waals surface area contributed by atoms with Gasteiger partial charge in [-0.15, -0.1) is 0 Å². The Bertz CT molecular complexity index is 822. The minimum atomic E-state index is -5.09. The lowest BCUT2D eigenvalue weighted by molar-refractivity contribution is -0.165. The summed E-state index contributed by atoms with van der Waals surface area (Å²) in [6.45, 7) is 0.924. The van der Waals surface area contributed by atoms with Crippen molar-refractivity contribution >= 4 is 44.7 Å². The van der Waals surface area contributed by atoms with Crippen LogP contribution >= 0.6 is 23.2 Å². The number of morpholine rings is 1. The number of Topliss-reactive ketones (excluding diaryl/α,β-unsaturated/α-hetero) is 1. The van der Waals surface area contributed by atoms with E-state index in [0.717, 1.165) is 0 Å². The topological polar surface area (TPSA) is 75.7 Å². The first-order valence-electron chi connectivity index (χ1n) is 7.14. The van der Waals surface area contributed by atoms with Crippen molar-refractivity contribution < 1.29 is 31.1 Å². The smallest absolute Gasteiger partial charge is 0.379 e. The summed E-state index contributed by atoms with van der Waals surface area (Å²) in [5, 5.41) is 1.17. The van der Waals surface area contributed by atoms with E-state index in [2.05, 4.69) is 5.32 Å². The lowest BCUT2D eigenvalue weighted by atomic mass is 10.3. The van der Waals surface area contributed by atoms with Crippen molar-refractivity contribution in [2.75, 3.05) is 31.6 Å². The predicted octanol–water partition coefficient (Wildman–Crippen LogP) is 2.98. The third kappa shape index (κ3) is 4.89. The van der Waals surface area contributed by atoms with Crippen molar-refractivity contribution in [3.63, 3.8) is 0 Å². The average Bonchev–Trinajstić information content (AvgIpc) is 2.58. The highest BCUT2D eigenvalue weighted by Crippen LogP contribution is 2.29. The van der Waals surface area contributed by atoms with Crippen LogP contribution in [0.4, 0.5) is 18.9 Å². The summed E-state index contributed by atoms with van der Waals surface area (Å²) in [6, 6.07) is 3.70. The molecule has 0 atom stereocenters. The fourth-order valence-corrected chi connectivity index (χ4v) is 4.16. The van der Waals surface area contributed by atoms with Gasteiger partial charge < -0.3 is 10.1 Å². The summed E-state index contributed by atoms with van der Waals surface area (Å²) in [5.41, 5.74) is 0.157. The average molecular weight is 433 g/mol. The van der Waals surface area contributed by atoms with E-state index >= 15 is 0 Å². The van der Waals surface area contributed by atoms with Crippen molar-refractivity contribution in [2.45, 2.75) is 11.1 Å². The second-order valence-electron chi connectivity index (χ2n) is 5.13. The first kappa shape index (κ1) is 21.0. The van der Waals surface area contributed by atoms with Gasteiger partial charge in [0, 0.05) is 25.0 Å². The molecule has 1 aromatic rings. The Morgan fingerprint density at radius 2 is 1.88 bits per heavy atom. The molecule has 1 N–H and O–H groups in total. The quantitative estimate of drug-likeness (QED) is 0.723. The molecule has 26 heavy (non-hydrogen) atoms. The summed E-state index contributed by atoms with van der Waals surface area (Å²) >= 11 is 11.3. The monoisotopic (exact) mass is 432 g/mol. The Morgan fingerprint density at radius 1 is 1.27 bits per heavy atom. The van der Waals surface area contributed by atoms with Crippen LogP contribution < -0.4 is 5.32 Å². The molecule has 12 heteroatoms. The van der Waals surface area contributed by atoms with Gasteiger partial charge in [0.2, 0.25) is 10.0 Å². The molecule has 1 aromatic carbocycles. The van der Waals surface area contributed by atoms with Gasteiger partial charge in [-0.2, -0.15) is 17.5 Å². The van der Waals surface area contributed by atoms with Crippen LogP contribution in [0.15, 0.2) is 34.3 Å². The van der Waals surface area contributed by atoms with E-state index < -0.39 is 27.0 Å². The number of hydrogen-bond donors (Lipinski definition) is 1. The van der Waals surface area contributed by atoms with Crippen molar-refractivity contribution in [3.8, 4) is 0 Å². The van der Waals surface area contributed by atoms with Crippen LogP contribution in [0.25, 0.3) is 0 Å². The number of ketones is 1. The van der Waals surface area contributed by atoms with Crippen LogP contribution in [0.5, 0.6) is 0 Å². The molecule has 0 aromatic heterocycles. The maximum atomic E-state index is 12.5. The minimum Gasteiger partial charge on any atom is -0.379 e. The fraction of sp³-hybridized carbons (Fsp3) is 0.357. The molecule has 0 bridgehead atoms. The Balaban J connectivity index is 2.18. The maximum Gasteiger partial charge on any atom is 0.455 e. The Labute approximate surface area is 157 Å². The number of nitrogens with one attached hydrogen (secondary N) is 1. The van der Waals surface area contributed by atoms with Gasteiger partial charge in [-0.25, -0.2) is 8.42 Å². The molecular formula is C14H13Cl2F3N2O4S. The molecule has 0 unspecified atom stereocenters. The highest BCUT2D eigenvalue weighted by atomic mass is 35.5. The van der Waals surface area contributed by atoms with E-state index in [1.54, 1.807) is 0 Å². The number of rotatable bonds is 5. The number of carbonyl (C=O) groups is 1. The molecular weight excluding hydrogens is 420 g/mol. The molecule has 1 aliphatic rings. The Morgan fingerprint density at radius 3 is 2.42 bits per heavy atom. The molecule has 2 rings (SSSR count). The second kappa shape index (κ2) is 8.13. The van der Waals surface area contributed by atoms with Gasteiger partial charge in [0.15, 0.2) is 0 Å². The third-order valence-corrected chi connectivity index (χ3v) is 6.02. The van der Waals surface area contributed by atoms with Gasteiger partial charge in [-0.3, -0.25) is 4.79 Å². The minimum absolute atomic E-state index is 0.131. The summed E-state index contributed by atoms with van der Waals surface area (Å²) < 4.78 is 68.2. The zero-order valence-corrected chi connectivity index (χ0v) is 15.3. The maximum absolute atomic E-state index is 12.5. The third-order valence-electron chi connectivity index (χ3n) is 3.36. The number of anilines is 1. The molecule has 6 nitrogen and oxygen atoms in total. The number of hydrogen-bond acceptors (Lipinski definition) is 5. The Kier molecular flexibility index (Phi) is 6.56. The van der Waals surface area contributed by atoms with Crippen LogP contribution in [0.3, 0.4) is 0 Å². The van der Waals surface area contributed by atoms with E-state index in [9.17, 15) is 26.4 Å². The number of ether oxygens (including phenoxy) is 1. The molecule has 1 aliphatic heterocycles. The van der Waals surface area contributed by atoms with E-state index in [-0.39, 0.29) is 41.9 Å². The highest BCUT2D eigenvalue weighted by molar-refractivity contribution is 7.89. The predicted molar refractivity (Wildman–Crippen MR) is 89.7 cm³/mol.